The number of hydrogen-bond acceptors (Lipinski definition) is 2. The largest absolute Gasteiger partial charge is 0.508 e. The molecule has 2 nitrogen and oxygen atoms in total. The average molecular weight is 178 g/mol. The first-order chi connectivity index (χ1) is 6.06. The molecule has 1 atom stereocenters. The molecule has 0 spiro atoms. The van der Waals surface area contributed by atoms with E-state index in [-0.39, 0.29) is 5.75 Å². The smallest absolute Gasteiger partial charge is 0.115 e. The van der Waals surface area contributed by atoms with Crippen molar-refractivity contribution >= 4 is 0 Å². The maximum Gasteiger partial charge on any atom is 0.115 e. The lowest BCUT2D eigenvalue weighted by molar-refractivity contribution is 0.0606. The third kappa shape index (κ3) is 2.33. The van der Waals surface area contributed by atoms with E-state index in [0.29, 0.717) is 6.42 Å². The van der Waals surface area contributed by atoms with Crippen molar-refractivity contribution in [3.63, 3.8) is 0 Å². The molecule has 0 amide bonds. The molecule has 2 N–H and O–H groups in total. The van der Waals surface area contributed by atoms with Gasteiger partial charge in [0.1, 0.15) is 5.75 Å². The Morgan fingerprint density at radius 2 is 1.92 bits per heavy atom. The fraction of sp³-hybridized carbons (Fsp3) is 0.273. The zero-order chi connectivity index (χ0) is 9.90. The van der Waals surface area contributed by atoms with Crippen molar-refractivity contribution in [1.29, 1.82) is 0 Å². The Hall–Kier alpha value is -1.28. The molecule has 0 radical (unpaired) electrons. The molecule has 1 aromatic carbocycles. The molecule has 0 aliphatic heterocycles. The van der Waals surface area contributed by atoms with Gasteiger partial charge in [0.25, 0.3) is 0 Å². The van der Waals surface area contributed by atoms with Crippen LogP contribution in [0.4, 0.5) is 0 Å². The van der Waals surface area contributed by atoms with Gasteiger partial charge in [-0.05, 0) is 31.0 Å². The van der Waals surface area contributed by atoms with Crippen LogP contribution in [0.1, 0.15) is 18.9 Å². The van der Waals surface area contributed by atoms with Gasteiger partial charge in [-0.1, -0.05) is 18.2 Å². The Morgan fingerprint density at radius 1 is 1.38 bits per heavy atom. The standard InChI is InChI=1S/C11H14O2/c1-3-8-11(2,13)9-4-6-10(12)7-5-9/h3-7,12-13H,1,8H2,2H3. The van der Waals surface area contributed by atoms with E-state index in [9.17, 15) is 5.11 Å². The number of benzene rings is 1. The Labute approximate surface area is 78.2 Å². The lowest BCUT2D eigenvalue weighted by Gasteiger charge is -2.21. The molecule has 1 rings (SSSR count). The van der Waals surface area contributed by atoms with E-state index in [1.54, 1.807) is 37.3 Å². The van der Waals surface area contributed by atoms with Crippen molar-refractivity contribution in [2.24, 2.45) is 0 Å². The third-order valence-corrected chi connectivity index (χ3v) is 2.03. The van der Waals surface area contributed by atoms with Gasteiger partial charge in [0.05, 0.1) is 5.60 Å². The summed E-state index contributed by atoms with van der Waals surface area (Å²) in [5, 5.41) is 19.0. The topological polar surface area (TPSA) is 40.5 Å². The van der Waals surface area contributed by atoms with Crippen molar-refractivity contribution < 1.29 is 10.2 Å². The maximum atomic E-state index is 9.92. The molecule has 0 saturated heterocycles. The van der Waals surface area contributed by atoms with Crippen molar-refractivity contribution in [1.82, 2.24) is 0 Å². The SMILES string of the molecule is C=CCC(C)(O)c1ccc(O)cc1. The van der Waals surface area contributed by atoms with Crippen molar-refractivity contribution in [3.05, 3.63) is 42.5 Å². The summed E-state index contributed by atoms with van der Waals surface area (Å²) < 4.78 is 0. The van der Waals surface area contributed by atoms with Gasteiger partial charge in [-0.3, -0.25) is 0 Å². The Bertz CT molecular complexity index is 285. The first kappa shape index (κ1) is 9.81. The highest BCUT2D eigenvalue weighted by Crippen LogP contribution is 2.25. The minimum absolute atomic E-state index is 0.207. The van der Waals surface area contributed by atoms with Gasteiger partial charge in [0, 0.05) is 0 Å². The minimum atomic E-state index is -0.893. The lowest BCUT2D eigenvalue weighted by atomic mass is 9.93. The Morgan fingerprint density at radius 3 is 2.38 bits per heavy atom. The molecule has 0 saturated carbocycles. The van der Waals surface area contributed by atoms with Crippen LogP contribution in [0.3, 0.4) is 0 Å². The first-order valence-electron chi connectivity index (χ1n) is 4.19. The summed E-state index contributed by atoms with van der Waals surface area (Å²) in [4.78, 5) is 0. The van der Waals surface area contributed by atoms with Crippen molar-refractivity contribution in [3.8, 4) is 5.75 Å². The number of hydrogen-bond donors (Lipinski definition) is 2. The quantitative estimate of drug-likeness (QED) is 0.696. The summed E-state index contributed by atoms with van der Waals surface area (Å²) in [6.07, 6.45) is 2.17. The number of phenolic OH excluding ortho intramolecular Hbond substituents is 1. The second-order valence-corrected chi connectivity index (χ2v) is 3.31. The second kappa shape index (κ2) is 3.62. The van der Waals surface area contributed by atoms with Gasteiger partial charge < -0.3 is 10.2 Å². The molecular formula is C11H14O2. The summed E-state index contributed by atoms with van der Waals surface area (Å²) >= 11 is 0. The van der Waals surface area contributed by atoms with Crippen LogP contribution in [0.15, 0.2) is 36.9 Å². The molecule has 13 heavy (non-hydrogen) atoms. The van der Waals surface area contributed by atoms with E-state index < -0.39 is 5.60 Å². The number of aliphatic hydroxyl groups is 1. The van der Waals surface area contributed by atoms with E-state index >= 15 is 0 Å². The van der Waals surface area contributed by atoms with Crippen LogP contribution in [0, 0.1) is 0 Å². The Kier molecular flexibility index (Phi) is 2.73. The molecular weight excluding hydrogens is 164 g/mol. The van der Waals surface area contributed by atoms with E-state index in [4.69, 9.17) is 5.11 Å². The maximum absolute atomic E-state index is 9.92. The van der Waals surface area contributed by atoms with Crippen LogP contribution in [0.25, 0.3) is 0 Å². The molecule has 1 aromatic rings. The monoisotopic (exact) mass is 178 g/mol. The van der Waals surface area contributed by atoms with E-state index in [1.807, 2.05) is 0 Å². The van der Waals surface area contributed by atoms with Gasteiger partial charge in [-0.25, -0.2) is 0 Å². The highest BCUT2D eigenvalue weighted by Gasteiger charge is 2.20. The fourth-order valence-electron chi connectivity index (χ4n) is 1.22. The molecule has 0 fully saturated rings. The van der Waals surface area contributed by atoms with Crippen LogP contribution < -0.4 is 0 Å². The molecule has 0 heterocycles. The normalized spacial score (nSPS) is 14.9. The highest BCUT2D eigenvalue weighted by atomic mass is 16.3. The first-order valence-corrected chi connectivity index (χ1v) is 4.19. The van der Waals surface area contributed by atoms with Gasteiger partial charge in [0.15, 0.2) is 0 Å². The zero-order valence-corrected chi connectivity index (χ0v) is 7.70. The predicted molar refractivity (Wildman–Crippen MR) is 52.5 cm³/mol. The van der Waals surface area contributed by atoms with Gasteiger partial charge in [0.2, 0.25) is 0 Å². The van der Waals surface area contributed by atoms with Gasteiger partial charge >= 0.3 is 0 Å². The minimum Gasteiger partial charge on any atom is -0.508 e. The summed E-state index contributed by atoms with van der Waals surface area (Å²) in [7, 11) is 0. The molecule has 1 unspecified atom stereocenters. The van der Waals surface area contributed by atoms with Crippen LogP contribution in [-0.4, -0.2) is 10.2 Å². The third-order valence-electron chi connectivity index (χ3n) is 2.03. The van der Waals surface area contributed by atoms with Crippen molar-refractivity contribution in [2.75, 3.05) is 0 Å². The summed E-state index contributed by atoms with van der Waals surface area (Å²) in [6.45, 7) is 5.30. The molecule has 0 aromatic heterocycles. The second-order valence-electron chi connectivity index (χ2n) is 3.31. The van der Waals surface area contributed by atoms with Crippen molar-refractivity contribution in [2.45, 2.75) is 18.9 Å². The van der Waals surface area contributed by atoms with Crippen LogP contribution >= 0.6 is 0 Å². The predicted octanol–water partition coefficient (Wildman–Crippen LogP) is 2.18. The van der Waals surface area contributed by atoms with Gasteiger partial charge in [-0.2, -0.15) is 0 Å². The molecule has 0 aliphatic rings. The molecule has 0 bridgehead atoms. The van der Waals surface area contributed by atoms with Crippen LogP contribution in [0.5, 0.6) is 5.75 Å². The average Bonchev–Trinajstić information content (AvgIpc) is 2.05. The zero-order valence-electron chi connectivity index (χ0n) is 7.70. The summed E-state index contributed by atoms with van der Waals surface area (Å²) in [5.41, 5.74) is -0.111. The molecule has 70 valence electrons. The van der Waals surface area contributed by atoms with E-state index in [0.717, 1.165) is 5.56 Å². The Balaban J connectivity index is 2.93. The lowest BCUT2D eigenvalue weighted by Crippen LogP contribution is -2.19. The molecule has 2 heteroatoms. The summed E-state index contributed by atoms with van der Waals surface area (Å²) in [5.74, 6) is 0.207. The van der Waals surface area contributed by atoms with Crippen LogP contribution in [0.2, 0.25) is 0 Å². The van der Waals surface area contributed by atoms with Crippen LogP contribution in [-0.2, 0) is 5.60 Å². The van der Waals surface area contributed by atoms with E-state index in [1.165, 1.54) is 0 Å². The molecule has 0 aliphatic carbocycles. The number of aromatic hydroxyl groups is 1. The fourth-order valence-corrected chi connectivity index (χ4v) is 1.22. The summed E-state index contributed by atoms with van der Waals surface area (Å²) in [6, 6.07) is 6.54. The number of rotatable bonds is 3. The number of phenols is 1. The van der Waals surface area contributed by atoms with Gasteiger partial charge in [-0.15, -0.1) is 6.58 Å². The highest BCUT2D eigenvalue weighted by molar-refractivity contribution is 5.29. The van der Waals surface area contributed by atoms with E-state index in [2.05, 4.69) is 6.58 Å².